The zero-order chi connectivity index (χ0) is 13.0. The van der Waals surface area contributed by atoms with Crippen LogP contribution in [-0.2, 0) is 6.54 Å². The molecule has 1 aliphatic heterocycles. The maximum atomic E-state index is 13.2. The molecule has 1 unspecified atom stereocenters. The van der Waals surface area contributed by atoms with Crippen LogP contribution in [0.1, 0.15) is 24.0 Å². The molecule has 0 aliphatic carbocycles. The molecule has 1 aliphatic rings. The molecule has 18 heavy (non-hydrogen) atoms. The largest absolute Gasteiger partial charge is 0.311 e. The Labute approximate surface area is 107 Å². The van der Waals surface area contributed by atoms with Crippen molar-refractivity contribution < 1.29 is 4.39 Å². The molecule has 1 atom stereocenters. The molecule has 0 saturated carbocycles. The van der Waals surface area contributed by atoms with E-state index in [1.165, 1.54) is 25.0 Å². The van der Waals surface area contributed by atoms with Gasteiger partial charge in [0, 0.05) is 19.1 Å². The molecule has 1 N–H and O–H groups in total. The van der Waals surface area contributed by atoms with Gasteiger partial charge in [0.1, 0.15) is 5.82 Å². The van der Waals surface area contributed by atoms with Crippen molar-refractivity contribution in [1.29, 1.82) is 5.26 Å². The summed E-state index contributed by atoms with van der Waals surface area (Å²) in [4.78, 5) is 2.35. The van der Waals surface area contributed by atoms with Gasteiger partial charge in [0.05, 0.1) is 11.6 Å². The first-order chi connectivity index (χ1) is 8.69. The van der Waals surface area contributed by atoms with Gasteiger partial charge in [-0.05, 0) is 50.2 Å². The standard InChI is InChI=1S/C14H18FN3/c1-18-4-2-3-14(18)10-17-9-12-5-11(8-16)6-13(15)7-12/h5-7,14,17H,2-4,9-10H2,1H3. The van der Waals surface area contributed by atoms with Crippen molar-refractivity contribution in [2.45, 2.75) is 25.4 Å². The van der Waals surface area contributed by atoms with Gasteiger partial charge in [-0.2, -0.15) is 5.26 Å². The van der Waals surface area contributed by atoms with Gasteiger partial charge in [0.15, 0.2) is 0 Å². The fraction of sp³-hybridized carbons (Fsp3) is 0.500. The average molecular weight is 247 g/mol. The average Bonchev–Trinajstić information content (AvgIpc) is 2.74. The third-order valence-corrected chi connectivity index (χ3v) is 3.47. The van der Waals surface area contributed by atoms with E-state index in [2.05, 4.69) is 17.3 Å². The molecule has 0 amide bonds. The van der Waals surface area contributed by atoms with E-state index in [-0.39, 0.29) is 5.82 Å². The summed E-state index contributed by atoms with van der Waals surface area (Å²) >= 11 is 0. The van der Waals surface area contributed by atoms with E-state index in [1.807, 2.05) is 6.07 Å². The summed E-state index contributed by atoms with van der Waals surface area (Å²) < 4.78 is 13.2. The number of nitriles is 1. The molecule has 0 radical (unpaired) electrons. The Morgan fingerprint density at radius 2 is 2.33 bits per heavy atom. The van der Waals surface area contributed by atoms with Gasteiger partial charge in [-0.15, -0.1) is 0 Å². The zero-order valence-electron chi connectivity index (χ0n) is 10.6. The lowest BCUT2D eigenvalue weighted by Gasteiger charge is -2.19. The maximum Gasteiger partial charge on any atom is 0.124 e. The topological polar surface area (TPSA) is 39.1 Å². The van der Waals surface area contributed by atoms with Gasteiger partial charge in [0.25, 0.3) is 0 Å². The highest BCUT2D eigenvalue weighted by Gasteiger charge is 2.19. The van der Waals surface area contributed by atoms with E-state index in [4.69, 9.17) is 5.26 Å². The Balaban J connectivity index is 1.86. The normalized spacial score (nSPS) is 19.9. The number of likely N-dealkylation sites (tertiary alicyclic amines) is 1. The predicted molar refractivity (Wildman–Crippen MR) is 68.5 cm³/mol. The van der Waals surface area contributed by atoms with Gasteiger partial charge in [0.2, 0.25) is 0 Å². The lowest BCUT2D eigenvalue weighted by molar-refractivity contribution is 0.300. The van der Waals surface area contributed by atoms with E-state index >= 15 is 0 Å². The molecule has 96 valence electrons. The summed E-state index contributed by atoms with van der Waals surface area (Å²) in [5.74, 6) is -0.344. The van der Waals surface area contributed by atoms with Crippen LogP contribution in [0.3, 0.4) is 0 Å². The van der Waals surface area contributed by atoms with Gasteiger partial charge in [-0.1, -0.05) is 0 Å². The van der Waals surface area contributed by atoms with Crippen LogP contribution in [-0.4, -0.2) is 31.1 Å². The van der Waals surface area contributed by atoms with Gasteiger partial charge in [-0.3, -0.25) is 0 Å². The van der Waals surface area contributed by atoms with Gasteiger partial charge < -0.3 is 10.2 Å². The second-order valence-electron chi connectivity index (χ2n) is 4.87. The molecule has 0 spiro atoms. The van der Waals surface area contributed by atoms with Crippen molar-refractivity contribution >= 4 is 0 Å². The minimum absolute atomic E-state index is 0.344. The Kier molecular flexibility index (Phi) is 4.29. The number of likely N-dealkylation sites (N-methyl/N-ethyl adjacent to an activating group) is 1. The summed E-state index contributed by atoms with van der Waals surface area (Å²) in [6.45, 7) is 2.68. The summed E-state index contributed by atoms with van der Waals surface area (Å²) in [6.07, 6.45) is 2.47. The minimum atomic E-state index is -0.344. The lowest BCUT2D eigenvalue weighted by Crippen LogP contribution is -2.35. The van der Waals surface area contributed by atoms with Crippen molar-refractivity contribution in [2.75, 3.05) is 20.1 Å². The lowest BCUT2D eigenvalue weighted by atomic mass is 10.1. The smallest absolute Gasteiger partial charge is 0.124 e. The second-order valence-corrected chi connectivity index (χ2v) is 4.87. The number of nitrogens with one attached hydrogen (secondary N) is 1. The quantitative estimate of drug-likeness (QED) is 0.883. The molecular formula is C14H18FN3. The number of benzene rings is 1. The Bertz CT molecular complexity index is 453. The molecule has 0 aromatic heterocycles. The Morgan fingerprint density at radius 3 is 3.00 bits per heavy atom. The molecule has 1 fully saturated rings. The van der Waals surface area contributed by atoms with Crippen molar-refractivity contribution in [3.05, 3.63) is 35.1 Å². The SMILES string of the molecule is CN1CCCC1CNCc1cc(F)cc(C#N)c1. The highest BCUT2D eigenvalue weighted by molar-refractivity contribution is 5.33. The highest BCUT2D eigenvalue weighted by atomic mass is 19.1. The summed E-state index contributed by atoms with van der Waals surface area (Å²) in [5.41, 5.74) is 1.21. The summed E-state index contributed by atoms with van der Waals surface area (Å²) in [7, 11) is 2.13. The van der Waals surface area contributed by atoms with E-state index in [0.29, 0.717) is 18.2 Å². The van der Waals surface area contributed by atoms with Gasteiger partial charge >= 0.3 is 0 Å². The molecule has 4 heteroatoms. The van der Waals surface area contributed by atoms with Crippen LogP contribution in [0.2, 0.25) is 0 Å². The van der Waals surface area contributed by atoms with Crippen molar-refractivity contribution in [2.24, 2.45) is 0 Å². The second kappa shape index (κ2) is 5.94. The monoisotopic (exact) mass is 247 g/mol. The molecule has 1 saturated heterocycles. The van der Waals surface area contributed by atoms with E-state index < -0.39 is 0 Å². The van der Waals surface area contributed by atoms with E-state index in [9.17, 15) is 4.39 Å². The fourth-order valence-corrected chi connectivity index (χ4v) is 2.44. The zero-order valence-corrected chi connectivity index (χ0v) is 10.6. The molecule has 0 bridgehead atoms. The number of nitrogens with zero attached hydrogens (tertiary/aromatic N) is 2. The van der Waals surface area contributed by atoms with Crippen LogP contribution < -0.4 is 5.32 Å². The molecule has 1 aromatic carbocycles. The molecule has 3 nitrogen and oxygen atoms in total. The highest BCUT2D eigenvalue weighted by Crippen LogP contribution is 2.14. The van der Waals surface area contributed by atoms with E-state index in [0.717, 1.165) is 18.7 Å². The van der Waals surface area contributed by atoms with Crippen molar-refractivity contribution in [3.63, 3.8) is 0 Å². The number of hydrogen-bond donors (Lipinski definition) is 1. The first-order valence-corrected chi connectivity index (χ1v) is 6.29. The number of rotatable bonds is 4. The van der Waals surface area contributed by atoms with Crippen LogP contribution in [0.5, 0.6) is 0 Å². The van der Waals surface area contributed by atoms with Crippen LogP contribution >= 0.6 is 0 Å². The predicted octanol–water partition coefficient (Wildman–Crippen LogP) is 1.88. The number of hydrogen-bond acceptors (Lipinski definition) is 3. The van der Waals surface area contributed by atoms with Crippen LogP contribution in [0.15, 0.2) is 18.2 Å². The minimum Gasteiger partial charge on any atom is -0.311 e. The first kappa shape index (κ1) is 13.0. The van der Waals surface area contributed by atoms with E-state index in [1.54, 1.807) is 6.07 Å². The van der Waals surface area contributed by atoms with Crippen molar-refractivity contribution in [1.82, 2.24) is 10.2 Å². The third kappa shape index (κ3) is 3.28. The fourth-order valence-electron chi connectivity index (χ4n) is 2.44. The van der Waals surface area contributed by atoms with Crippen LogP contribution in [0, 0.1) is 17.1 Å². The molecule has 1 heterocycles. The molecular weight excluding hydrogens is 229 g/mol. The van der Waals surface area contributed by atoms with Crippen LogP contribution in [0.4, 0.5) is 4.39 Å². The van der Waals surface area contributed by atoms with Crippen molar-refractivity contribution in [3.8, 4) is 6.07 Å². The summed E-state index contributed by atoms with van der Waals surface area (Å²) in [6, 6.07) is 7.02. The van der Waals surface area contributed by atoms with Crippen LogP contribution in [0.25, 0.3) is 0 Å². The third-order valence-electron chi connectivity index (χ3n) is 3.47. The molecule has 1 aromatic rings. The Morgan fingerprint density at radius 1 is 1.50 bits per heavy atom. The Hall–Kier alpha value is -1.44. The molecule has 2 rings (SSSR count). The maximum absolute atomic E-state index is 13.2. The summed E-state index contributed by atoms with van der Waals surface area (Å²) in [5, 5.41) is 12.1. The van der Waals surface area contributed by atoms with Gasteiger partial charge in [-0.25, -0.2) is 4.39 Å². The number of halogens is 1. The first-order valence-electron chi connectivity index (χ1n) is 6.29.